The monoisotopic (exact) mass is 375 g/mol. The van der Waals surface area contributed by atoms with Crippen LogP contribution < -0.4 is 10.6 Å². The molecule has 0 aliphatic rings. The molecule has 0 saturated carbocycles. The molecule has 2 N–H and O–H groups in total. The molecule has 0 bridgehead atoms. The van der Waals surface area contributed by atoms with Crippen molar-refractivity contribution < 1.29 is 9.59 Å². The van der Waals surface area contributed by atoms with E-state index in [1.807, 2.05) is 50.2 Å². The number of fused-ring (bicyclic) bond motifs is 1. The van der Waals surface area contributed by atoms with Crippen LogP contribution >= 0.6 is 0 Å². The van der Waals surface area contributed by atoms with Crippen molar-refractivity contribution in [3.05, 3.63) is 71.9 Å². The van der Waals surface area contributed by atoms with Gasteiger partial charge in [0, 0.05) is 11.6 Å². The Kier molecular flexibility index (Phi) is 6.04. The molecule has 1 atom stereocenters. The van der Waals surface area contributed by atoms with E-state index in [2.05, 4.69) is 34.7 Å². The fourth-order valence-electron chi connectivity index (χ4n) is 3.19. The first-order valence-corrected chi connectivity index (χ1v) is 9.54. The molecule has 3 aromatic rings. The van der Waals surface area contributed by atoms with E-state index in [4.69, 9.17) is 0 Å². The van der Waals surface area contributed by atoms with E-state index in [1.165, 1.54) is 5.56 Å². The normalized spacial score (nSPS) is 12.0. The third kappa shape index (κ3) is 4.36. The molecular weight excluding hydrogens is 350 g/mol. The maximum Gasteiger partial charge on any atom is 0.313 e. The number of amides is 2. The summed E-state index contributed by atoms with van der Waals surface area (Å²) >= 11 is 0. The molecule has 0 spiro atoms. The van der Waals surface area contributed by atoms with Gasteiger partial charge in [-0.05, 0) is 35.6 Å². The summed E-state index contributed by atoms with van der Waals surface area (Å²) in [6.07, 6.45) is 2.62. The molecule has 2 amide bonds. The zero-order valence-electron chi connectivity index (χ0n) is 16.4. The van der Waals surface area contributed by atoms with Gasteiger partial charge < -0.3 is 10.6 Å². The highest BCUT2D eigenvalue weighted by Gasteiger charge is 2.23. The van der Waals surface area contributed by atoms with Gasteiger partial charge in [-0.15, -0.1) is 0 Å². The molecule has 2 aromatic carbocycles. The SMILES string of the molecule is CCc1ccc([C@H](NC(=O)C(=O)Nc2cccc3cccnc23)C(C)C)cc1. The van der Waals surface area contributed by atoms with E-state index in [-0.39, 0.29) is 12.0 Å². The minimum atomic E-state index is -0.700. The fraction of sp³-hybridized carbons (Fsp3) is 0.261. The summed E-state index contributed by atoms with van der Waals surface area (Å²) in [5.41, 5.74) is 3.40. The van der Waals surface area contributed by atoms with Gasteiger partial charge >= 0.3 is 11.8 Å². The maximum absolute atomic E-state index is 12.6. The topological polar surface area (TPSA) is 71.1 Å². The number of nitrogens with zero attached hydrogens (tertiary/aromatic N) is 1. The number of benzene rings is 2. The summed E-state index contributed by atoms with van der Waals surface area (Å²) in [6, 6.07) is 17.1. The summed E-state index contributed by atoms with van der Waals surface area (Å²) in [4.78, 5) is 29.3. The van der Waals surface area contributed by atoms with Crippen LogP contribution in [0.5, 0.6) is 0 Å². The quantitative estimate of drug-likeness (QED) is 0.655. The molecule has 144 valence electrons. The van der Waals surface area contributed by atoms with Crippen LogP contribution in [0, 0.1) is 5.92 Å². The van der Waals surface area contributed by atoms with E-state index in [9.17, 15) is 9.59 Å². The lowest BCUT2D eigenvalue weighted by Crippen LogP contribution is -2.39. The highest BCUT2D eigenvalue weighted by atomic mass is 16.2. The average molecular weight is 375 g/mol. The minimum absolute atomic E-state index is 0.142. The van der Waals surface area contributed by atoms with Crippen LogP contribution in [0.15, 0.2) is 60.8 Å². The minimum Gasteiger partial charge on any atom is -0.341 e. The Labute approximate surface area is 165 Å². The molecule has 0 aliphatic heterocycles. The molecule has 0 unspecified atom stereocenters. The van der Waals surface area contributed by atoms with Gasteiger partial charge in [0.15, 0.2) is 0 Å². The highest BCUT2D eigenvalue weighted by molar-refractivity contribution is 6.40. The number of pyridine rings is 1. The van der Waals surface area contributed by atoms with Crippen LogP contribution in [0.3, 0.4) is 0 Å². The van der Waals surface area contributed by atoms with Gasteiger partial charge in [0.05, 0.1) is 17.2 Å². The van der Waals surface area contributed by atoms with Gasteiger partial charge in [0.1, 0.15) is 0 Å². The lowest BCUT2D eigenvalue weighted by Gasteiger charge is -2.23. The second kappa shape index (κ2) is 8.65. The third-order valence-corrected chi connectivity index (χ3v) is 4.79. The van der Waals surface area contributed by atoms with Crippen molar-refractivity contribution in [3.63, 3.8) is 0 Å². The van der Waals surface area contributed by atoms with Gasteiger partial charge in [-0.2, -0.15) is 0 Å². The van der Waals surface area contributed by atoms with Crippen LogP contribution in [0.4, 0.5) is 5.69 Å². The first-order valence-electron chi connectivity index (χ1n) is 9.54. The van der Waals surface area contributed by atoms with Crippen LogP contribution in [0.25, 0.3) is 10.9 Å². The number of aryl methyl sites for hydroxylation is 1. The number of hydrogen-bond donors (Lipinski definition) is 2. The van der Waals surface area contributed by atoms with Crippen molar-refractivity contribution in [2.45, 2.75) is 33.2 Å². The molecule has 3 rings (SSSR count). The smallest absolute Gasteiger partial charge is 0.313 e. The molecule has 5 heteroatoms. The summed E-state index contributed by atoms with van der Waals surface area (Å²) in [5.74, 6) is -1.22. The van der Waals surface area contributed by atoms with Crippen LogP contribution in [0.2, 0.25) is 0 Å². The zero-order valence-corrected chi connectivity index (χ0v) is 16.4. The van der Waals surface area contributed by atoms with Crippen molar-refractivity contribution >= 4 is 28.4 Å². The molecule has 1 aromatic heterocycles. The third-order valence-electron chi connectivity index (χ3n) is 4.79. The van der Waals surface area contributed by atoms with Crippen molar-refractivity contribution in [2.24, 2.45) is 5.92 Å². The van der Waals surface area contributed by atoms with Crippen LogP contribution in [-0.4, -0.2) is 16.8 Å². The molecule has 0 aliphatic carbocycles. The first-order chi connectivity index (χ1) is 13.5. The van der Waals surface area contributed by atoms with Gasteiger partial charge in [-0.3, -0.25) is 14.6 Å². The van der Waals surface area contributed by atoms with Crippen LogP contribution in [0.1, 0.15) is 37.9 Å². The molecular formula is C23H25N3O2. The number of hydrogen-bond acceptors (Lipinski definition) is 3. The summed E-state index contributed by atoms with van der Waals surface area (Å²) in [6.45, 7) is 6.14. The summed E-state index contributed by atoms with van der Waals surface area (Å²) in [5, 5.41) is 6.45. The Morgan fingerprint density at radius 3 is 2.36 bits per heavy atom. The Bertz CT molecular complexity index is 975. The van der Waals surface area contributed by atoms with E-state index in [0.29, 0.717) is 11.2 Å². The summed E-state index contributed by atoms with van der Waals surface area (Å²) in [7, 11) is 0. The van der Waals surface area contributed by atoms with Crippen molar-refractivity contribution in [3.8, 4) is 0 Å². The fourth-order valence-corrected chi connectivity index (χ4v) is 3.19. The number of rotatable bonds is 5. The van der Waals surface area contributed by atoms with Gasteiger partial charge in [0.25, 0.3) is 0 Å². The van der Waals surface area contributed by atoms with E-state index >= 15 is 0 Å². The maximum atomic E-state index is 12.6. The predicted octanol–water partition coefficient (Wildman–Crippen LogP) is 4.25. The van der Waals surface area contributed by atoms with Crippen molar-refractivity contribution in [1.29, 1.82) is 0 Å². The molecule has 28 heavy (non-hydrogen) atoms. The van der Waals surface area contributed by atoms with E-state index in [0.717, 1.165) is 17.4 Å². The summed E-state index contributed by atoms with van der Waals surface area (Å²) < 4.78 is 0. The number of anilines is 1. The van der Waals surface area contributed by atoms with Crippen molar-refractivity contribution in [2.75, 3.05) is 5.32 Å². The Hall–Kier alpha value is -3.21. The van der Waals surface area contributed by atoms with Crippen LogP contribution in [-0.2, 0) is 16.0 Å². The molecule has 1 heterocycles. The zero-order chi connectivity index (χ0) is 20.1. The Morgan fingerprint density at radius 2 is 1.68 bits per heavy atom. The van der Waals surface area contributed by atoms with Gasteiger partial charge in [-0.25, -0.2) is 0 Å². The molecule has 0 fully saturated rings. The number of para-hydroxylation sites is 1. The largest absolute Gasteiger partial charge is 0.341 e. The highest BCUT2D eigenvalue weighted by Crippen LogP contribution is 2.23. The Morgan fingerprint density at radius 1 is 0.964 bits per heavy atom. The van der Waals surface area contributed by atoms with E-state index in [1.54, 1.807) is 12.3 Å². The standard InChI is InChI=1S/C23H25N3O2/c1-4-16-10-12-18(13-11-16)20(15(2)3)26-23(28)22(27)25-19-9-5-7-17-8-6-14-24-21(17)19/h5-15,20H,4H2,1-3H3,(H,25,27)(H,26,28)/t20-/m1/s1. The van der Waals surface area contributed by atoms with Gasteiger partial charge in [0.2, 0.25) is 0 Å². The molecule has 0 saturated heterocycles. The lowest BCUT2D eigenvalue weighted by atomic mass is 9.95. The molecule has 5 nitrogen and oxygen atoms in total. The van der Waals surface area contributed by atoms with E-state index < -0.39 is 11.8 Å². The predicted molar refractivity (Wildman–Crippen MR) is 112 cm³/mol. The number of nitrogens with one attached hydrogen (secondary N) is 2. The number of carbonyl (C=O) groups is 2. The van der Waals surface area contributed by atoms with Gasteiger partial charge in [-0.1, -0.05) is 63.2 Å². The lowest BCUT2D eigenvalue weighted by molar-refractivity contribution is -0.136. The Balaban J connectivity index is 1.75. The number of aromatic nitrogens is 1. The van der Waals surface area contributed by atoms with Crippen molar-refractivity contribution in [1.82, 2.24) is 10.3 Å². The second-order valence-electron chi connectivity index (χ2n) is 7.13. The first kappa shape index (κ1) is 19.5. The molecule has 0 radical (unpaired) electrons. The number of carbonyl (C=O) groups excluding carboxylic acids is 2. The second-order valence-corrected chi connectivity index (χ2v) is 7.13. The average Bonchev–Trinajstić information content (AvgIpc) is 2.72.